The number of amides is 2. The maximum atomic E-state index is 12.5. The second-order valence-corrected chi connectivity index (χ2v) is 6.52. The highest BCUT2D eigenvalue weighted by molar-refractivity contribution is 6.08. The van der Waals surface area contributed by atoms with Gasteiger partial charge in [-0.15, -0.1) is 0 Å². The zero-order chi connectivity index (χ0) is 16.5. The molecule has 0 aliphatic carbocycles. The van der Waals surface area contributed by atoms with Crippen molar-refractivity contribution in [1.82, 2.24) is 5.32 Å². The summed E-state index contributed by atoms with van der Waals surface area (Å²) in [5.74, 6) is -0.507. The minimum Gasteiger partial charge on any atom is -0.292 e. The lowest BCUT2D eigenvalue weighted by atomic mass is 9.87. The molecule has 3 nitrogen and oxygen atoms in total. The molecule has 1 N–H and O–H groups in total. The van der Waals surface area contributed by atoms with Gasteiger partial charge in [-0.25, -0.2) is 0 Å². The van der Waals surface area contributed by atoms with Crippen LogP contribution in [0.25, 0.3) is 0 Å². The van der Waals surface area contributed by atoms with E-state index in [9.17, 15) is 9.59 Å². The maximum absolute atomic E-state index is 12.5. The number of benzene rings is 1. The van der Waals surface area contributed by atoms with Gasteiger partial charge in [-0.05, 0) is 68.9 Å². The number of imide groups is 1. The highest BCUT2D eigenvalue weighted by Gasteiger charge is 2.28. The van der Waals surface area contributed by atoms with E-state index in [0.717, 1.165) is 22.3 Å². The highest BCUT2D eigenvalue weighted by Crippen LogP contribution is 2.26. The molecule has 0 radical (unpaired) electrons. The van der Waals surface area contributed by atoms with Crippen LogP contribution in [0.2, 0.25) is 0 Å². The van der Waals surface area contributed by atoms with E-state index >= 15 is 0 Å². The summed E-state index contributed by atoms with van der Waals surface area (Å²) in [6, 6.07) is 0. The predicted molar refractivity (Wildman–Crippen MR) is 86.7 cm³/mol. The Kier molecular flexibility index (Phi) is 4.98. The smallest absolute Gasteiger partial charge is 0.258 e. The number of nitrogens with one attached hydrogen (secondary N) is 1. The molecule has 116 valence electrons. The standard InChI is InChI=1S/C18H27NO2/c1-9-18(7,8)17(21)19-16(20)15-13(5)11(3)10(2)12(4)14(15)6/h9H2,1-8H3,(H,19,20,21). The van der Waals surface area contributed by atoms with E-state index in [1.54, 1.807) is 0 Å². The van der Waals surface area contributed by atoms with Crippen molar-refractivity contribution in [2.45, 2.75) is 61.8 Å². The second-order valence-electron chi connectivity index (χ2n) is 6.52. The minimum atomic E-state index is -0.535. The fraction of sp³-hybridized carbons (Fsp3) is 0.556. The molecule has 0 bridgehead atoms. The molecule has 0 aromatic heterocycles. The normalized spacial score (nSPS) is 11.4. The van der Waals surface area contributed by atoms with Gasteiger partial charge in [0.1, 0.15) is 0 Å². The van der Waals surface area contributed by atoms with E-state index in [2.05, 4.69) is 12.2 Å². The van der Waals surface area contributed by atoms with Crippen molar-refractivity contribution in [3.63, 3.8) is 0 Å². The number of carbonyl (C=O) groups is 2. The van der Waals surface area contributed by atoms with Crippen LogP contribution in [0.4, 0.5) is 0 Å². The average Bonchev–Trinajstić information content (AvgIpc) is 2.43. The molecule has 0 fully saturated rings. The monoisotopic (exact) mass is 289 g/mol. The molecule has 1 aromatic rings. The SMILES string of the molecule is CCC(C)(C)C(=O)NC(=O)c1c(C)c(C)c(C)c(C)c1C. The summed E-state index contributed by atoms with van der Waals surface area (Å²) in [7, 11) is 0. The molecule has 3 heteroatoms. The van der Waals surface area contributed by atoms with Crippen LogP contribution in [0.3, 0.4) is 0 Å². The first kappa shape index (κ1) is 17.4. The van der Waals surface area contributed by atoms with Crippen molar-refractivity contribution in [3.05, 3.63) is 33.4 Å². The Labute approximate surface area is 128 Å². The summed E-state index contributed by atoms with van der Waals surface area (Å²) in [5, 5.41) is 2.57. The Morgan fingerprint density at radius 1 is 0.857 bits per heavy atom. The number of carbonyl (C=O) groups excluding carboxylic acids is 2. The molecule has 1 aromatic carbocycles. The van der Waals surface area contributed by atoms with Crippen LogP contribution in [0, 0.1) is 40.0 Å². The van der Waals surface area contributed by atoms with E-state index in [1.807, 2.05) is 48.5 Å². The van der Waals surface area contributed by atoms with Crippen molar-refractivity contribution >= 4 is 11.8 Å². The third-order valence-electron chi connectivity index (χ3n) is 4.95. The fourth-order valence-corrected chi connectivity index (χ4v) is 2.34. The summed E-state index contributed by atoms with van der Waals surface area (Å²) in [6.07, 6.45) is 0.691. The van der Waals surface area contributed by atoms with Gasteiger partial charge in [0.2, 0.25) is 5.91 Å². The van der Waals surface area contributed by atoms with Crippen molar-refractivity contribution in [3.8, 4) is 0 Å². The van der Waals surface area contributed by atoms with Crippen molar-refractivity contribution in [2.24, 2.45) is 5.41 Å². The largest absolute Gasteiger partial charge is 0.292 e. The predicted octanol–water partition coefficient (Wildman–Crippen LogP) is 3.92. The molecular weight excluding hydrogens is 262 g/mol. The summed E-state index contributed by atoms with van der Waals surface area (Å²) in [5.41, 5.74) is 5.45. The molecule has 0 saturated carbocycles. The topological polar surface area (TPSA) is 46.2 Å². The first-order valence-corrected chi connectivity index (χ1v) is 7.47. The third kappa shape index (κ3) is 3.17. The Morgan fingerprint density at radius 2 is 1.24 bits per heavy atom. The summed E-state index contributed by atoms with van der Waals surface area (Å²) < 4.78 is 0. The summed E-state index contributed by atoms with van der Waals surface area (Å²) >= 11 is 0. The molecule has 0 aliphatic heterocycles. The van der Waals surface area contributed by atoms with E-state index in [0.29, 0.717) is 12.0 Å². The molecule has 0 aliphatic rings. The number of rotatable bonds is 3. The number of hydrogen-bond acceptors (Lipinski definition) is 2. The zero-order valence-corrected chi connectivity index (χ0v) is 14.5. The lowest BCUT2D eigenvalue weighted by Crippen LogP contribution is -2.40. The van der Waals surface area contributed by atoms with E-state index in [-0.39, 0.29) is 11.8 Å². The second kappa shape index (κ2) is 6.00. The van der Waals surface area contributed by atoms with Crippen LogP contribution in [-0.4, -0.2) is 11.8 Å². The lowest BCUT2D eigenvalue weighted by Gasteiger charge is -2.22. The molecule has 0 spiro atoms. The Hall–Kier alpha value is -1.64. The Morgan fingerprint density at radius 3 is 1.62 bits per heavy atom. The number of hydrogen-bond donors (Lipinski definition) is 1. The molecule has 0 saturated heterocycles. The van der Waals surface area contributed by atoms with Gasteiger partial charge in [0, 0.05) is 11.0 Å². The van der Waals surface area contributed by atoms with Crippen LogP contribution in [0.15, 0.2) is 0 Å². The van der Waals surface area contributed by atoms with Crippen molar-refractivity contribution < 1.29 is 9.59 Å². The van der Waals surface area contributed by atoms with Crippen LogP contribution < -0.4 is 5.32 Å². The first-order valence-electron chi connectivity index (χ1n) is 7.47. The van der Waals surface area contributed by atoms with E-state index in [1.165, 1.54) is 5.56 Å². The summed E-state index contributed by atoms with van der Waals surface area (Å²) in [4.78, 5) is 24.8. The Bertz CT molecular complexity index is 569. The van der Waals surface area contributed by atoms with Crippen molar-refractivity contribution in [1.29, 1.82) is 0 Å². The van der Waals surface area contributed by atoms with Gasteiger partial charge in [-0.1, -0.05) is 20.8 Å². The minimum absolute atomic E-state index is 0.218. The van der Waals surface area contributed by atoms with Gasteiger partial charge in [0.15, 0.2) is 0 Å². The van der Waals surface area contributed by atoms with Crippen LogP contribution in [0.5, 0.6) is 0 Å². The maximum Gasteiger partial charge on any atom is 0.258 e. The van der Waals surface area contributed by atoms with E-state index < -0.39 is 5.41 Å². The first-order chi connectivity index (χ1) is 9.54. The molecule has 2 amide bonds. The van der Waals surface area contributed by atoms with Gasteiger partial charge >= 0.3 is 0 Å². The van der Waals surface area contributed by atoms with Gasteiger partial charge in [-0.3, -0.25) is 14.9 Å². The fourth-order valence-electron chi connectivity index (χ4n) is 2.34. The van der Waals surface area contributed by atoms with Crippen LogP contribution in [0.1, 0.15) is 65.4 Å². The Balaban J connectivity index is 3.24. The van der Waals surface area contributed by atoms with E-state index in [4.69, 9.17) is 0 Å². The van der Waals surface area contributed by atoms with Gasteiger partial charge < -0.3 is 0 Å². The highest BCUT2D eigenvalue weighted by atomic mass is 16.2. The summed E-state index contributed by atoms with van der Waals surface area (Å²) in [6.45, 7) is 15.6. The molecule has 1 rings (SSSR count). The van der Waals surface area contributed by atoms with Crippen molar-refractivity contribution in [2.75, 3.05) is 0 Å². The molecular formula is C18H27NO2. The van der Waals surface area contributed by atoms with Crippen LogP contribution >= 0.6 is 0 Å². The molecule has 0 atom stereocenters. The third-order valence-corrected chi connectivity index (χ3v) is 4.95. The zero-order valence-electron chi connectivity index (χ0n) is 14.5. The molecule has 21 heavy (non-hydrogen) atoms. The average molecular weight is 289 g/mol. The van der Waals surface area contributed by atoms with Gasteiger partial charge in [0.25, 0.3) is 5.91 Å². The lowest BCUT2D eigenvalue weighted by molar-refractivity contribution is -0.128. The molecule has 0 heterocycles. The quantitative estimate of drug-likeness (QED) is 0.916. The molecule has 0 unspecified atom stereocenters. The van der Waals surface area contributed by atoms with Gasteiger partial charge in [-0.2, -0.15) is 0 Å². The van der Waals surface area contributed by atoms with Gasteiger partial charge in [0.05, 0.1) is 0 Å². The van der Waals surface area contributed by atoms with Crippen LogP contribution in [-0.2, 0) is 4.79 Å².